The van der Waals surface area contributed by atoms with Gasteiger partial charge in [-0.05, 0) is 22.3 Å². The molecule has 0 saturated carbocycles. The molecule has 0 radical (unpaired) electrons. The van der Waals surface area contributed by atoms with Crippen LogP contribution in [-0.2, 0) is 14.2 Å². The molecular formula is C17H20INO5. The summed E-state index contributed by atoms with van der Waals surface area (Å²) < 4.78 is 22.8. The maximum absolute atomic E-state index is 11.6. The highest BCUT2D eigenvalue weighted by Crippen LogP contribution is 2.10. The lowest BCUT2D eigenvalue weighted by molar-refractivity contribution is 0.0142. The average molecular weight is 445 g/mol. The lowest BCUT2D eigenvalue weighted by Crippen LogP contribution is -2.13. The third-order valence-electron chi connectivity index (χ3n) is 2.63. The molecule has 0 N–H and O–H groups in total. The van der Waals surface area contributed by atoms with Gasteiger partial charge in [-0.1, -0.05) is 28.5 Å². The molecule has 0 fully saturated rings. The van der Waals surface area contributed by atoms with Crippen LogP contribution in [-0.4, -0.2) is 57.0 Å². The molecule has 0 aliphatic heterocycles. The van der Waals surface area contributed by atoms with Crippen molar-refractivity contribution in [2.24, 2.45) is 0 Å². The van der Waals surface area contributed by atoms with Crippen LogP contribution in [0.5, 0.6) is 5.75 Å². The van der Waals surface area contributed by atoms with Crippen molar-refractivity contribution in [2.75, 3.05) is 46.2 Å². The summed E-state index contributed by atoms with van der Waals surface area (Å²) in [5.74, 6) is 2.84. The van der Waals surface area contributed by atoms with Gasteiger partial charge in [0.05, 0.1) is 39.2 Å². The van der Waals surface area contributed by atoms with Gasteiger partial charge in [-0.25, -0.2) is 4.98 Å². The summed E-state index contributed by atoms with van der Waals surface area (Å²) in [4.78, 5) is 15.6. The first-order chi connectivity index (χ1) is 11.8. The quantitative estimate of drug-likeness (QED) is 0.153. The highest BCUT2D eigenvalue weighted by molar-refractivity contribution is 14.1. The van der Waals surface area contributed by atoms with E-state index in [9.17, 15) is 4.79 Å². The summed E-state index contributed by atoms with van der Waals surface area (Å²) in [6.45, 7) is 3.08. The van der Waals surface area contributed by atoms with E-state index in [1.807, 2.05) is 22.6 Å². The van der Waals surface area contributed by atoms with E-state index >= 15 is 0 Å². The molecule has 0 amide bonds. The van der Waals surface area contributed by atoms with Crippen LogP contribution in [0.4, 0.5) is 0 Å². The third kappa shape index (κ3) is 9.62. The second kappa shape index (κ2) is 13.9. The fraction of sp³-hybridized carbons (Fsp3) is 0.412. The van der Waals surface area contributed by atoms with Crippen molar-refractivity contribution >= 4 is 28.4 Å². The first-order valence-corrected chi connectivity index (χ1v) is 8.59. The van der Waals surface area contributed by atoms with Gasteiger partial charge < -0.3 is 18.9 Å². The molecule has 0 atom stereocenters. The molecule has 0 aliphatic rings. The number of carbonyl (C=O) groups excluding carboxylic acids is 1. The second-order valence-electron chi connectivity index (χ2n) is 4.37. The van der Waals surface area contributed by atoms with Crippen molar-refractivity contribution in [3.8, 4) is 18.1 Å². The molecule has 0 spiro atoms. The molecule has 1 aromatic heterocycles. The van der Waals surface area contributed by atoms with Crippen LogP contribution in [0.25, 0.3) is 0 Å². The molecule has 6 nitrogen and oxygen atoms in total. The number of pyridine rings is 1. The minimum atomic E-state index is -0.135. The Morgan fingerprint density at radius 2 is 1.79 bits per heavy atom. The molecule has 1 heterocycles. The predicted molar refractivity (Wildman–Crippen MR) is 98.5 cm³/mol. The van der Waals surface area contributed by atoms with Crippen molar-refractivity contribution < 1.29 is 23.7 Å². The number of hydrogen-bond donors (Lipinski definition) is 0. The van der Waals surface area contributed by atoms with E-state index < -0.39 is 0 Å². The van der Waals surface area contributed by atoms with E-state index in [0.29, 0.717) is 57.7 Å². The number of nitrogens with zero attached hydrogens (tertiary/aromatic N) is 1. The van der Waals surface area contributed by atoms with Gasteiger partial charge in [0.15, 0.2) is 0 Å². The maximum atomic E-state index is 11.6. The molecule has 1 aromatic rings. The fourth-order valence-corrected chi connectivity index (χ4v) is 1.87. The Morgan fingerprint density at radius 3 is 2.38 bits per heavy atom. The van der Waals surface area contributed by atoms with Gasteiger partial charge in [0.25, 0.3) is 0 Å². The van der Waals surface area contributed by atoms with Crippen LogP contribution in [0.2, 0.25) is 0 Å². The van der Waals surface area contributed by atoms with E-state index in [4.69, 9.17) is 25.4 Å². The van der Waals surface area contributed by atoms with Gasteiger partial charge in [-0.3, -0.25) is 4.79 Å². The normalized spacial score (nSPS) is 10.7. The zero-order valence-corrected chi connectivity index (χ0v) is 15.4. The average Bonchev–Trinajstić information content (AvgIpc) is 2.60. The standard InChI is InChI=1S/C17H20INO5/c1-2-7-21-8-9-22-10-11-23-12-13-24-15-3-4-16(19-14-15)17(20)5-6-18/h1,3-6,14H,7-13H2/b6-5+. The summed E-state index contributed by atoms with van der Waals surface area (Å²) in [7, 11) is 0. The summed E-state index contributed by atoms with van der Waals surface area (Å²) >= 11 is 1.99. The number of carbonyl (C=O) groups is 1. The fourth-order valence-electron chi connectivity index (χ4n) is 1.54. The molecule has 24 heavy (non-hydrogen) atoms. The van der Waals surface area contributed by atoms with Gasteiger partial charge >= 0.3 is 0 Å². The second-order valence-corrected chi connectivity index (χ2v) is 5.09. The Hall–Kier alpha value is -1.47. The largest absolute Gasteiger partial charge is 0.490 e. The van der Waals surface area contributed by atoms with E-state index in [2.05, 4.69) is 10.9 Å². The molecular weight excluding hydrogens is 425 g/mol. The zero-order chi connectivity index (χ0) is 17.5. The first-order valence-electron chi connectivity index (χ1n) is 7.34. The van der Waals surface area contributed by atoms with Crippen molar-refractivity contribution in [1.29, 1.82) is 0 Å². The summed E-state index contributed by atoms with van der Waals surface area (Å²) in [6, 6.07) is 3.34. The monoisotopic (exact) mass is 445 g/mol. The zero-order valence-electron chi connectivity index (χ0n) is 13.3. The van der Waals surface area contributed by atoms with Gasteiger partial charge in [0, 0.05) is 0 Å². The number of allylic oxidation sites excluding steroid dienone is 1. The molecule has 0 unspecified atom stereocenters. The molecule has 130 valence electrons. The van der Waals surface area contributed by atoms with E-state index in [-0.39, 0.29) is 5.78 Å². The van der Waals surface area contributed by atoms with E-state index in [1.54, 1.807) is 16.2 Å². The molecule has 0 aromatic carbocycles. The number of halogens is 1. The van der Waals surface area contributed by atoms with Gasteiger partial charge in [0.1, 0.15) is 24.7 Å². The van der Waals surface area contributed by atoms with Crippen LogP contribution in [0.1, 0.15) is 10.5 Å². The number of ketones is 1. The van der Waals surface area contributed by atoms with Crippen molar-refractivity contribution in [1.82, 2.24) is 4.98 Å². The topological polar surface area (TPSA) is 66.9 Å². The van der Waals surface area contributed by atoms with Crippen LogP contribution in [0.15, 0.2) is 28.5 Å². The summed E-state index contributed by atoms with van der Waals surface area (Å²) in [5.41, 5.74) is 0.384. The molecule has 0 aliphatic carbocycles. The predicted octanol–water partition coefficient (Wildman–Crippen LogP) is 2.27. The van der Waals surface area contributed by atoms with Gasteiger partial charge in [-0.2, -0.15) is 0 Å². The molecule has 7 heteroatoms. The summed E-state index contributed by atoms with van der Waals surface area (Å²) in [5, 5.41) is 0. The molecule has 0 saturated heterocycles. The molecule has 1 rings (SSSR count). The molecule has 0 bridgehead atoms. The van der Waals surface area contributed by atoms with Crippen molar-refractivity contribution in [3.63, 3.8) is 0 Å². The Bertz CT molecular complexity index is 539. The van der Waals surface area contributed by atoms with Crippen LogP contribution >= 0.6 is 22.6 Å². The third-order valence-corrected chi connectivity index (χ3v) is 2.99. The highest BCUT2D eigenvalue weighted by atomic mass is 127. The lowest BCUT2D eigenvalue weighted by Gasteiger charge is -2.08. The summed E-state index contributed by atoms with van der Waals surface area (Å²) in [6.07, 6.45) is 8.02. The van der Waals surface area contributed by atoms with Crippen LogP contribution in [0, 0.1) is 12.3 Å². The Morgan fingerprint density at radius 1 is 1.12 bits per heavy atom. The number of hydrogen-bond acceptors (Lipinski definition) is 6. The number of terminal acetylenes is 1. The number of aromatic nitrogens is 1. The van der Waals surface area contributed by atoms with Crippen molar-refractivity contribution in [2.45, 2.75) is 0 Å². The first kappa shape index (κ1) is 20.6. The van der Waals surface area contributed by atoms with Gasteiger partial charge in [-0.15, -0.1) is 6.42 Å². The minimum absolute atomic E-state index is 0.135. The number of rotatable bonds is 13. The Balaban J connectivity index is 2.03. The SMILES string of the molecule is C#CCOCCOCCOCCOc1ccc(C(=O)/C=C/I)nc1. The lowest BCUT2D eigenvalue weighted by atomic mass is 10.2. The van der Waals surface area contributed by atoms with Crippen LogP contribution < -0.4 is 4.74 Å². The number of ether oxygens (including phenoxy) is 4. The smallest absolute Gasteiger partial charge is 0.204 e. The Kier molecular flexibility index (Phi) is 11.9. The van der Waals surface area contributed by atoms with Crippen LogP contribution in [0.3, 0.4) is 0 Å². The maximum Gasteiger partial charge on any atom is 0.204 e. The highest BCUT2D eigenvalue weighted by Gasteiger charge is 2.03. The minimum Gasteiger partial charge on any atom is -0.490 e. The van der Waals surface area contributed by atoms with E-state index in [0.717, 1.165) is 0 Å². The Labute approximate surface area is 155 Å². The van der Waals surface area contributed by atoms with Gasteiger partial charge in [0.2, 0.25) is 5.78 Å². The van der Waals surface area contributed by atoms with Crippen molar-refractivity contribution in [3.05, 3.63) is 34.2 Å². The van der Waals surface area contributed by atoms with E-state index in [1.165, 1.54) is 12.3 Å².